The van der Waals surface area contributed by atoms with E-state index in [4.69, 9.17) is 16.2 Å². The minimum atomic E-state index is -1.71. The Balaban J connectivity index is 2.10. The summed E-state index contributed by atoms with van der Waals surface area (Å²) in [5, 5.41) is 27.0. The van der Waals surface area contributed by atoms with Crippen molar-refractivity contribution in [2.45, 2.75) is 160 Å². The fraction of sp³-hybridized carbons (Fsp3) is 0.683. The lowest BCUT2D eigenvalue weighted by Crippen LogP contribution is -2.59. The van der Waals surface area contributed by atoms with Crippen LogP contribution in [0.4, 0.5) is 0 Å². The molecule has 7 atom stereocenters. The minimum absolute atomic E-state index is 0.151. The number of imidazole rings is 1. The molecule has 358 valence electrons. The van der Waals surface area contributed by atoms with Gasteiger partial charge in [-0.25, -0.2) is 9.78 Å². The fourth-order valence-electron chi connectivity index (χ4n) is 6.49. The molecule has 1 aliphatic rings. The first kappa shape index (κ1) is 54.0. The van der Waals surface area contributed by atoms with Crippen molar-refractivity contribution in [3.63, 3.8) is 0 Å². The molecule has 9 amide bonds. The Hall–Kier alpha value is -6.13. The summed E-state index contributed by atoms with van der Waals surface area (Å²) < 4.78 is 5.32. The van der Waals surface area contributed by atoms with Gasteiger partial charge in [0.25, 0.3) is 0 Å². The highest BCUT2D eigenvalue weighted by molar-refractivity contribution is 5.97. The highest BCUT2D eigenvalue weighted by Gasteiger charge is 2.35. The number of nitrogens with zero attached hydrogens (tertiary/aromatic N) is 1. The van der Waals surface area contributed by atoms with Crippen molar-refractivity contribution in [1.82, 2.24) is 47.2 Å². The number of ether oxygens (including phenoxy) is 1. The van der Waals surface area contributed by atoms with Gasteiger partial charge < -0.3 is 63.5 Å². The van der Waals surface area contributed by atoms with Crippen molar-refractivity contribution >= 4 is 59.1 Å². The molecule has 0 aliphatic carbocycles. The van der Waals surface area contributed by atoms with E-state index in [1.54, 1.807) is 0 Å². The van der Waals surface area contributed by atoms with Crippen LogP contribution in [0.2, 0.25) is 0 Å². The molecule has 1 aliphatic heterocycles. The summed E-state index contributed by atoms with van der Waals surface area (Å²) in [6.45, 7) is 5.44. The van der Waals surface area contributed by atoms with E-state index in [-0.39, 0.29) is 32.1 Å². The van der Waals surface area contributed by atoms with Gasteiger partial charge in [0, 0.05) is 37.6 Å². The van der Waals surface area contributed by atoms with Gasteiger partial charge in [-0.2, -0.15) is 0 Å². The summed E-state index contributed by atoms with van der Waals surface area (Å²) in [6.07, 6.45) is 8.15. The molecule has 0 bridgehead atoms. The maximum atomic E-state index is 13.8. The normalized spacial score (nSPS) is 19.7. The van der Waals surface area contributed by atoms with Crippen LogP contribution < -0.4 is 48.7 Å². The van der Waals surface area contributed by atoms with Crippen molar-refractivity contribution in [3.8, 4) is 0 Å². The number of primary amides is 2. The number of aromatic amines is 1. The number of cyclic esters (lactones) is 1. The fourth-order valence-corrected chi connectivity index (χ4v) is 6.49. The lowest BCUT2D eigenvalue weighted by molar-refractivity contribution is -0.150. The number of carbonyl (C=O) groups excluding carboxylic acids is 10. The molecular weight excluding hydrogens is 839 g/mol. The molecule has 2 rings (SSSR count). The van der Waals surface area contributed by atoms with E-state index < -0.39 is 121 Å². The number of aromatic nitrogens is 2. The van der Waals surface area contributed by atoms with Gasteiger partial charge in [-0.05, 0) is 39.0 Å². The number of hydrogen-bond acceptors (Lipinski definition) is 13. The summed E-state index contributed by atoms with van der Waals surface area (Å²) in [7, 11) is 0. The maximum absolute atomic E-state index is 13.8. The van der Waals surface area contributed by atoms with Gasteiger partial charge in [0.15, 0.2) is 0 Å². The first-order valence-corrected chi connectivity index (χ1v) is 21.7. The summed E-state index contributed by atoms with van der Waals surface area (Å²) in [5.41, 5.74) is 10.9. The maximum Gasteiger partial charge on any atom is 0.328 e. The average molecular weight is 906 g/mol. The second kappa shape index (κ2) is 28.5. The quantitative estimate of drug-likeness (QED) is 0.0343. The predicted molar refractivity (Wildman–Crippen MR) is 228 cm³/mol. The zero-order chi connectivity index (χ0) is 47.8. The molecule has 1 fully saturated rings. The van der Waals surface area contributed by atoms with Crippen molar-refractivity contribution in [1.29, 1.82) is 0 Å². The Labute approximate surface area is 372 Å². The SMILES string of the molecule is CC(C)CCCCCCCCCC(=O)N[C@H](C(=O)NCC(=O)N[C@@H](C)C(=O)NC1COC(=O)[C@H](CCC(N)=O)NC(=O)[C@H](CCC(N)=O)NC(=O)C(Cc2cnc[nH]2)NC1=O)[C@@H](C)O. The Bertz CT molecular complexity index is 1740. The molecule has 2 unspecified atom stereocenters. The molecular formula is C41H67N11O12. The first-order valence-electron chi connectivity index (χ1n) is 21.7. The van der Waals surface area contributed by atoms with E-state index in [0.717, 1.165) is 25.7 Å². The zero-order valence-electron chi connectivity index (χ0n) is 37.1. The number of aliphatic hydroxyl groups excluding tert-OH is 1. The molecule has 0 saturated carbocycles. The van der Waals surface area contributed by atoms with Gasteiger partial charge in [0.2, 0.25) is 53.2 Å². The van der Waals surface area contributed by atoms with E-state index in [0.29, 0.717) is 18.0 Å². The number of H-pyrrole nitrogens is 1. The largest absolute Gasteiger partial charge is 0.461 e. The van der Waals surface area contributed by atoms with Crippen LogP contribution in [0, 0.1) is 5.92 Å². The highest BCUT2D eigenvalue weighted by atomic mass is 16.5. The number of rotatable bonds is 26. The van der Waals surface area contributed by atoms with E-state index in [1.165, 1.54) is 45.6 Å². The average Bonchev–Trinajstić information content (AvgIpc) is 3.74. The number of esters is 1. The van der Waals surface area contributed by atoms with Gasteiger partial charge >= 0.3 is 5.97 Å². The van der Waals surface area contributed by atoms with E-state index >= 15 is 0 Å². The molecule has 23 nitrogen and oxygen atoms in total. The van der Waals surface area contributed by atoms with Gasteiger partial charge in [0.05, 0.1) is 19.0 Å². The van der Waals surface area contributed by atoms with Crippen LogP contribution in [-0.2, 0) is 59.1 Å². The zero-order valence-corrected chi connectivity index (χ0v) is 37.1. The lowest BCUT2D eigenvalue weighted by atomic mass is 10.0. The van der Waals surface area contributed by atoms with Gasteiger partial charge in [-0.15, -0.1) is 0 Å². The number of nitrogens with one attached hydrogen (secondary N) is 8. The Morgan fingerprint density at radius 1 is 0.750 bits per heavy atom. The second-order valence-electron chi connectivity index (χ2n) is 16.4. The third-order valence-electron chi connectivity index (χ3n) is 10.2. The minimum Gasteiger partial charge on any atom is -0.461 e. The van der Waals surface area contributed by atoms with Crippen LogP contribution in [0.15, 0.2) is 12.5 Å². The van der Waals surface area contributed by atoms with Crippen LogP contribution in [0.25, 0.3) is 0 Å². The molecule has 0 spiro atoms. The smallest absolute Gasteiger partial charge is 0.328 e. The summed E-state index contributed by atoms with van der Waals surface area (Å²) in [6, 6.07) is -8.87. The number of aliphatic hydroxyl groups is 1. The van der Waals surface area contributed by atoms with Crippen LogP contribution >= 0.6 is 0 Å². The van der Waals surface area contributed by atoms with Crippen molar-refractivity contribution in [3.05, 3.63) is 18.2 Å². The number of unbranched alkanes of at least 4 members (excludes halogenated alkanes) is 6. The van der Waals surface area contributed by atoms with Gasteiger partial charge in [-0.1, -0.05) is 58.8 Å². The molecule has 1 aromatic heterocycles. The highest BCUT2D eigenvalue weighted by Crippen LogP contribution is 2.13. The molecule has 13 N–H and O–H groups in total. The Morgan fingerprint density at radius 2 is 1.33 bits per heavy atom. The van der Waals surface area contributed by atoms with E-state index in [2.05, 4.69) is 61.0 Å². The van der Waals surface area contributed by atoms with Crippen LogP contribution in [-0.4, -0.2) is 130 Å². The van der Waals surface area contributed by atoms with E-state index in [9.17, 15) is 53.1 Å². The van der Waals surface area contributed by atoms with Crippen molar-refractivity contribution in [2.75, 3.05) is 13.2 Å². The van der Waals surface area contributed by atoms with Crippen molar-refractivity contribution in [2.24, 2.45) is 17.4 Å². The number of hydrogen-bond donors (Lipinski definition) is 11. The predicted octanol–water partition coefficient (Wildman–Crippen LogP) is -2.37. The molecule has 23 heteroatoms. The number of carbonyl (C=O) groups is 10. The summed E-state index contributed by atoms with van der Waals surface area (Å²) >= 11 is 0. The molecule has 0 radical (unpaired) electrons. The monoisotopic (exact) mass is 905 g/mol. The molecule has 2 heterocycles. The molecule has 1 aromatic rings. The third-order valence-corrected chi connectivity index (χ3v) is 10.2. The standard InChI is InChI=1S/C41H67N11O12/c1-23(2)12-10-8-6-5-7-9-11-13-33(56)52-35(25(4)53)40(62)45-20-34(57)47-24(3)36(58)51-30-21-64-41(63)28(15-17-32(43)55)49-37(59)27(14-16-31(42)54)48-38(60)29(50-39(30)61)18-26-19-44-22-46-26/h19,22-25,27-30,35,53H,5-18,20-21H2,1-4H3,(H2,42,54)(H2,43,55)(H,44,46)(H,45,62)(H,47,57)(H,48,60)(H,49,59)(H,50,61)(H,51,58)(H,52,56)/t24-,25+,27-,28-,29?,30?,35-/m0/s1. The lowest BCUT2D eigenvalue weighted by Gasteiger charge is -2.25. The number of amides is 9. The Kier molecular flexibility index (Phi) is 24.1. The summed E-state index contributed by atoms with van der Waals surface area (Å²) in [4.78, 5) is 136. The molecule has 1 saturated heterocycles. The van der Waals surface area contributed by atoms with Crippen molar-refractivity contribution < 1.29 is 57.8 Å². The molecule has 0 aromatic carbocycles. The van der Waals surface area contributed by atoms with Crippen LogP contribution in [0.5, 0.6) is 0 Å². The Morgan fingerprint density at radius 3 is 1.92 bits per heavy atom. The third kappa shape index (κ3) is 21.3. The van der Waals surface area contributed by atoms with Gasteiger partial charge in [-0.3, -0.25) is 43.2 Å². The molecule has 64 heavy (non-hydrogen) atoms. The second-order valence-corrected chi connectivity index (χ2v) is 16.4. The topological polar surface area (TPSA) is 365 Å². The van der Waals surface area contributed by atoms with Gasteiger partial charge in [0.1, 0.15) is 42.9 Å². The first-order chi connectivity index (χ1) is 30.3. The summed E-state index contributed by atoms with van der Waals surface area (Å²) in [5.74, 6) is -8.08. The van der Waals surface area contributed by atoms with E-state index in [1.807, 2.05) is 0 Å². The number of nitrogens with two attached hydrogens (primary N) is 2. The van der Waals surface area contributed by atoms with Crippen LogP contribution in [0.3, 0.4) is 0 Å². The van der Waals surface area contributed by atoms with Crippen LogP contribution in [0.1, 0.15) is 117 Å².